The zero-order valence-electron chi connectivity index (χ0n) is 28.7. The molecule has 0 saturated carbocycles. The van der Waals surface area contributed by atoms with Crippen LogP contribution in [0, 0.1) is 10.1 Å². The molecule has 0 aliphatic carbocycles. The summed E-state index contributed by atoms with van der Waals surface area (Å²) in [5.74, 6) is -2.29. The van der Waals surface area contributed by atoms with Crippen molar-refractivity contribution in [3.8, 4) is 0 Å². The van der Waals surface area contributed by atoms with E-state index in [1.165, 1.54) is 51.3 Å². The van der Waals surface area contributed by atoms with Crippen LogP contribution in [0.25, 0.3) is 0 Å². The minimum atomic E-state index is -0.597. The number of nitrogens with one attached hydrogen (secondary N) is 5. The largest absolute Gasteiger partial charge is 0.351 e. The number of anilines is 4. The summed E-state index contributed by atoms with van der Waals surface area (Å²) in [5, 5.41) is 24.8. The van der Waals surface area contributed by atoms with Crippen molar-refractivity contribution in [2.24, 2.45) is 35.2 Å². The molecule has 0 aliphatic heterocycles. The number of rotatable bonds is 12. The molecule has 18 heteroatoms. The van der Waals surface area contributed by atoms with Crippen LogP contribution in [0.2, 0.25) is 0 Å². The lowest BCUT2D eigenvalue weighted by molar-refractivity contribution is -0.384. The van der Waals surface area contributed by atoms with Crippen LogP contribution in [0.15, 0.2) is 61.3 Å². The Morgan fingerprint density at radius 3 is 1.12 bits per heavy atom. The molecular weight excluding hydrogens is 662 g/mol. The van der Waals surface area contributed by atoms with E-state index in [0.29, 0.717) is 35.0 Å². The van der Waals surface area contributed by atoms with Gasteiger partial charge >= 0.3 is 0 Å². The molecule has 5 aromatic rings. The number of hydrogen-bond donors (Lipinski definition) is 5. The summed E-state index contributed by atoms with van der Waals surface area (Å²) in [6.07, 6.45) is 8.31. The van der Waals surface area contributed by atoms with Crippen molar-refractivity contribution in [3.05, 3.63) is 99.9 Å². The third kappa shape index (κ3) is 7.74. The van der Waals surface area contributed by atoms with Gasteiger partial charge in [-0.05, 0) is 30.7 Å². The SMILES string of the molecule is CCCNC(=O)c1cc(NC(=O)c2cc(NC(=O)c3cc(NC(=O)c4cc(NC(=O)c5cc([N+](=O)[O-])cn5C)cn4C)cn3C)cn2C)cn1C. The summed E-state index contributed by atoms with van der Waals surface area (Å²) in [6, 6.07) is 7.19. The van der Waals surface area contributed by atoms with Crippen molar-refractivity contribution in [2.75, 3.05) is 27.8 Å². The molecule has 51 heavy (non-hydrogen) atoms. The van der Waals surface area contributed by atoms with Gasteiger partial charge in [0.25, 0.3) is 35.2 Å². The predicted octanol–water partition coefficient (Wildman–Crippen LogP) is 3.44. The molecule has 5 aromatic heterocycles. The van der Waals surface area contributed by atoms with Gasteiger partial charge in [0.05, 0.1) is 33.9 Å². The molecule has 0 spiro atoms. The van der Waals surface area contributed by atoms with Gasteiger partial charge in [-0.25, -0.2) is 0 Å². The molecule has 0 fully saturated rings. The first-order chi connectivity index (χ1) is 24.1. The van der Waals surface area contributed by atoms with Gasteiger partial charge in [-0.3, -0.25) is 34.1 Å². The van der Waals surface area contributed by atoms with E-state index in [1.807, 2.05) is 6.92 Å². The van der Waals surface area contributed by atoms with Crippen molar-refractivity contribution in [2.45, 2.75) is 13.3 Å². The molecule has 266 valence electrons. The van der Waals surface area contributed by atoms with Gasteiger partial charge in [0.1, 0.15) is 28.5 Å². The van der Waals surface area contributed by atoms with Gasteiger partial charge in [0.15, 0.2) is 0 Å². The van der Waals surface area contributed by atoms with Crippen LogP contribution in [0.3, 0.4) is 0 Å². The van der Waals surface area contributed by atoms with Crippen molar-refractivity contribution >= 4 is 58.0 Å². The first kappa shape index (κ1) is 35.5. The Bertz CT molecular complexity index is 2190. The van der Waals surface area contributed by atoms with Crippen LogP contribution >= 0.6 is 0 Å². The van der Waals surface area contributed by atoms with E-state index in [-0.39, 0.29) is 34.4 Å². The molecule has 0 radical (unpaired) electrons. The highest BCUT2D eigenvalue weighted by atomic mass is 16.6. The van der Waals surface area contributed by atoms with Crippen LogP contribution in [-0.2, 0) is 35.2 Å². The fourth-order valence-corrected chi connectivity index (χ4v) is 5.42. The van der Waals surface area contributed by atoms with E-state index < -0.39 is 28.6 Å². The molecule has 5 N–H and O–H groups in total. The number of amides is 5. The Labute approximate surface area is 291 Å². The summed E-state index contributed by atoms with van der Waals surface area (Å²) < 4.78 is 7.54. The predicted molar refractivity (Wildman–Crippen MR) is 188 cm³/mol. The quantitative estimate of drug-likeness (QED) is 0.0966. The summed E-state index contributed by atoms with van der Waals surface area (Å²) in [4.78, 5) is 75.0. The number of aryl methyl sites for hydroxylation is 5. The van der Waals surface area contributed by atoms with E-state index >= 15 is 0 Å². The zero-order valence-corrected chi connectivity index (χ0v) is 28.7. The van der Waals surface area contributed by atoms with Crippen LogP contribution < -0.4 is 26.6 Å². The van der Waals surface area contributed by atoms with Gasteiger partial charge in [-0.15, -0.1) is 0 Å². The second kappa shape index (κ2) is 14.3. The Balaban J connectivity index is 1.21. The minimum Gasteiger partial charge on any atom is -0.351 e. The summed E-state index contributed by atoms with van der Waals surface area (Å²) in [7, 11) is 8.12. The third-order valence-electron chi connectivity index (χ3n) is 7.95. The second-order valence-electron chi connectivity index (χ2n) is 11.9. The molecule has 18 nitrogen and oxygen atoms in total. The van der Waals surface area contributed by atoms with E-state index in [1.54, 1.807) is 62.0 Å². The molecule has 5 heterocycles. The molecule has 0 atom stereocenters. The molecule has 5 rings (SSSR count). The minimum absolute atomic E-state index is 0.0668. The molecule has 0 aliphatic rings. The average Bonchev–Trinajstić information content (AvgIpc) is 3.88. The summed E-state index contributed by atoms with van der Waals surface area (Å²) >= 11 is 0. The first-order valence-corrected chi connectivity index (χ1v) is 15.6. The molecule has 0 aromatic carbocycles. The fourth-order valence-electron chi connectivity index (χ4n) is 5.42. The number of carbonyl (C=O) groups is 5. The maximum Gasteiger partial charge on any atom is 0.287 e. The number of nitro groups is 1. The third-order valence-corrected chi connectivity index (χ3v) is 7.95. The smallest absolute Gasteiger partial charge is 0.287 e. The molecule has 5 amide bonds. The Morgan fingerprint density at radius 2 is 0.824 bits per heavy atom. The van der Waals surface area contributed by atoms with Crippen molar-refractivity contribution in [1.29, 1.82) is 0 Å². The van der Waals surface area contributed by atoms with Crippen LogP contribution in [0.5, 0.6) is 0 Å². The summed E-state index contributed by atoms with van der Waals surface area (Å²) in [5.41, 5.74) is 2.32. The van der Waals surface area contributed by atoms with Crippen LogP contribution in [-0.4, -0.2) is 63.8 Å². The lowest BCUT2D eigenvalue weighted by Gasteiger charge is -2.03. The lowest BCUT2D eigenvalue weighted by Crippen LogP contribution is -2.25. The Kier molecular flexibility index (Phi) is 9.96. The maximum atomic E-state index is 13.2. The number of aromatic nitrogens is 5. The van der Waals surface area contributed by atoms with Gasteiger partial charge < -0.3 is 49.4 Å². The van der Waals surface area contributed by atoms with Crippen molar-refractivity contribution < 1.29 is 28.9 Å². The van der Waals surface area contributed by atoms with Gasteiger partial charge in [0, 0.05) is 72.6 Å². The van der Waals surface area contributed by atoms with E-state index in [0.717, 1.165) is 12.5 Å². The average molecular weight is 700 g/mol. The normalized spacial score (nSPS) is 10.9. The Hall–Kier alpha value is -6.85. The molecular formula is C33H37N11O7. The maximum absolute atomic E-state index is 13.2. The first-order valence-electron chi connectivity index (χ1n) is 15.6. The van der Waals surface area contributed by atoms with Crippen LogP contribution in [0.1, 0.15) is 65.8 Å². The van der Waals surface area contributed by atoms with Gasteiger partial charge in [-0.1, -0.05) is 6.92 Å². The van der Waals surface area contributed by atoms with Gasteiger partial charge in [-0.2, -0.15) is 0 Å². The van der Waals surface area contributed by atoms with Crippen molar-refractivity contribution in [3.63, 3.8) is 0 Å². The molecule has 0 saturated heterocycles. The van der Waals surface area contributed by atoms with Crippen molar-refractivity contribution in [1.82, 2.24) is 28.2 Å². The monoisotopic (exact) mass is 699 g/mol. The van der Waals surface area contributed by atoms with E-state index in [9.17, 15) is 34.1 Å². The number of carbonyl (C=O) groups excluding carboxylic acids is 5. The lowest BCUT2D eigenvalue weighted by atomic mass is 10.3. The highest BCUT2D eigenvalue weighted by Crippen LogP contribution is 2.22. The topological polar surface area (TPSA) is 213 Å². The second-order valence-corrected chi connectivity index (χ2v) is 11.9. The highest BCUT2D eigenvalue weighted by Gasteiger charge is 2.22. The standard InChI is InChI=1S/C33H37N11O7/c1-7-8-34-29(45)24-9-19(14-39(24)2)35-30(46)25-10-20(15-40(25)3)36-31(47)26-11-21(16-41(26)4)37-32(48)27-12-22(17-42(27)5)38-33(49)28-13-23(44(50)51)18-43(28)6/h9-18H,7-8H2,1-6H3,(H,34,45)(H,35,46)(H,36,47)(H,37,48)(H,38,49). The molecule has 0 unspecified atom stereocenters. The van der Waals surface area contributed by atoms with E-state index in [2.05, 4.69) is 26.6 Å². The van der Waals surface area contributed by atoms with Gasteiger partial charge in [0.2, 0.25) is 0 Å². The van der Waals surface area contributed by atoms with Crippen LogP contribution in [0.4, 0.5) is 28.4 Å². The number of hydrogen-bond acceptors (Lipinski definition) is 7. The van der Waals surface area contributed by atoms with E-state index in [4.69, 9.17) is 0 Å². The Morgan fingerprint density at radius 1 is 0.529 bits per heavy atom. The fraction of sp³-hybridized carbons (Fsp3) is 0.242. The number of nitrogens with zero attached hydrogens (tertiary/aromatic N) is 6. The summed E-state index contributed by atoms with van der Waals surface area (Å²) in [6.45, 7) is 2.49. The zero-order chi connectivity index (χ0) is 37.1. The molecule has 0 bridgehead atoms. The highest BCUT2D eigenvalue weighted by molar-refractivity contribution is 6.09.